The lowest BCUT2D eigenvalue weighted by atomic mass is 10.1. The van der Waals surface area contributed by atoms with Gasteiger partial charge in [-0.25, -0.2) is 0 Å². The van der Waals surface area contributed by atoms with Gasteiger partial charge in [0.1, 0.15) is 0 Å². The van der Waals surface area contributed by atoms with Gasteiger partial charge in [0.25, 0.3) is 5.91 Å². The first kappa shape index (κ1) is 23.2. The number of rotatable bonds is 5. The number of amides is 1. The highest BCUT2D eigenvalue weighted by molar-refractivity contribution is 6.36. The zero-order valence-electron chi connectivity index (χ0n) is 16.3. The molecule has 1 aliphatic rings. The number of nitrogens with zero attached hydrogens (tertiary/aromatic N) is 2. The minimum Gasteiger partial charge on any atom is -0.455 e. The van der Waals surface area contributed by atoms with Crippen molar-refractivity contribution in [1.82, 2.24) is 4.90 Å². The van der Waals surface area contributed by atoms with Gasteiger partial charge in [-0.05, 0) is 30.3 Å². The van der Waals surface area contributed by atoms with Crippen LogP contribution in [0.3, 0.4) is 0 Å². The van der Waals surface area contributed by atoms with Crippen LogP contribution < -0.4 is 4.90 Å². The monoisotopic (exact) mass is 474 g/mol. The van der Waals surface area contributed by atoms with Crippen molar-refractivity contribution < 1.29 is 27.5 Å². The van der Waals surface area contributed by atoms with Crippen molar-refractivity contribution in [3.05, 3.63) is 63.6 Å². The molecule has 0 N–H and O–H groups in total. The van der Waals surface area contributed by atoms with E-state index >= 15 is 0 Å². The van der Waals surface area contributed by atoms with Gasteiger partial charge in [-0.3, -0.25) is 9.59 Å². The van der Waals surface area contributed by atoms with Crippen LogP contribution in [-0.2, 0) is 26.9 Å². The van der Waals surface area contributed by atoms with Crippen LogP contribution in [0.2, 0.25) is 10.0 Å². The highest BCUT2D eigenvalue weighted by Crippen LogP contribution is 2.32. The van der Waals surface area contributed by atoms with Crippen molar-refractivity contribution in [2.24, 2.45) is 0 Å². The van der Waals surface area contributed by atoms with Gasteiger partial charge < -0.3 is 14.5 Å². The summed E-state index contributed by atoms with van der Waals surface area (Å²) in [6.45, 7) is 0.933. The molecule has 10 heteroatoms. The molecule has 0 aromatic heterocycles. The smallest absolute Gasteiger partial charge is 0.416 e. The van der Waals surface area contributed by atoms with Crippen LogP contribution in [0.25, 0.3) is 0 Å². The molecule has 1 saturated heterocycles. The van der Waals surface area contributed by atoms with Gasteiger partial charge in [-0.15, -0.1) is 0 Å². The molecular formula is C21H19Cl2F3N2O3. The molecule has 1 fully saturated rings. The Morgan fingerprint density at radius 1 is 0.968 bits per heavy atom. The number of carbonyl (C=O) groups is 2. The molecule has 0 bridgehead atoms. The van der Waals surface area contributed by atoms with Crippen LogP contribution in [0.15, 0.2) is 42.5 Å². The fourth-order valence-corrected chi connectivity index (χ4v) is 3.75. The molecule has 2 aromatic carbocycles. The predicted octanol–water partition coefficient (Wildman–Crippen LogP) is 4.45. The van der Waals surface area contributed by atoms with Crippen molar-refractivity contribution >= 4 is 40.8 Å². The molecule has 3 rings (SSSR count). The summed E-state index contributed by atoms with van der Waals surface area (Å²) in [4.78, 5) is 27.7. The first-order valence-electron chi connectivity index (χ1n) is 9.43. The number of hydrogen-bond donors (Lipinski definition) is 0. The molecule has 31 heavy (non-hydrogen) atoms. The van der Waals surface area contributed by atoms with E-state index < -0.39 is 24.3 Å². The third-order valence-electron chi connectivity index (χ3n) is 4.91. The molecule has 0 unspecified atom stereocenters. The summed E-state index contributed by atoms with van der Waals surface area (Å²) < 4.78 is 43.8. The maximum atomic E-state index is 12.9. The van der Waals surface area contributed by atoms with Crippen molar-refractivity contribution in [3.8, 4) is 0 Å². The zero-order chi connectivity index (χ0) is 22.6. The van der Waals surface area contributed by atoms with E-state index in [2.05, 4.69) is 0 Å². The van der Waals surface area contributed by atoms with Crippen LogP contribution in [-0.4, -0.2) is 49.6 Å². The maximum Gasteiger partial charge on any atom is 0.416 e. The Kier molecular flexibility index (Phi) is 7.33. The first-order chi connectivity index (χ1) is 14.6. The third-order valence-corrected chi connectivity index (χ3v) is 5.62. The second-order valence-electron chi connectivity index (χ2n) is 6.95. The number of carbonyl (C=O) groups excluding carboxylic acids is 2. The first-order valence-corrected chi connectivity index (χ1v) is 10.2. The number of piperazine rings is 1. The fraction of sp³-hybridized carbons (Fsp3) is 0.333. The Hall–Kier alpha value is -2.45. The SMILES string of the molecule is O=C(Cc1c(Cl)cccc1Cl)OCC(=O)N1CCN(c2cccc(C(F)(F)F)c2)CC1. The van der Waals surface area contributed by atoms with Crippen molar-refractivity contribution in [2.45, 2.75) is 12.6 Å². The molecule has 1 amide bonds. The maximum absolute atomic E-state index is 12.9. The minimum absolute atomic E-state index is 0.158. The van der Waals surface area contributed by atoms with Gasteiger partial charge in [-0.1, -0.05) is 35.3 Å². The highest BCUT2D eigenvalue weighted by atomic mass is 35.5. The number of esters is 1. The summed E-state index contributed by atoms with van der Waals surface area (Å²) in [6.07, 6.45) is -4.57. The number of anilines is 1. The number of alkyl halides is 3. The molecule has 5 nitrogen and oxygen atoms in total. The lowest BCUT2D eigenvalue weighted by Gasteiger charge is -2.36. The second-order valence-corrected chi connectivity index (χ2v) is 7.77. The summed E-state index contributed by atoms with van der Waals surface area (Å²) in [5.74, 6) is -1.01. The van der Waals surface area contributed by atoms with E-state index in [0.717, 1.165) is 12.1 Å². The molecule has 0 radical (unpaired) electrons. The molecule has 166 valence electrons. The fourth-order valence-electron chi connectivity index (χ4n) is 3.22. The van der Waals surface area contributed by atoms with Crippen LogP contribution in [0.4, 0.5) is 18.9 Å². The van der Waals surface area contributed by atoms with Crippen LogP contribution >= 0.6 is 23.2 Å². The Morgan fingerprint density at radius 2 is 1.58 bits per heavy atom. The molecule has 1 heterocycles. The van der Waals surface area contributed by atoms with E-state index in [1.165, 1.54) is 11.0 Å². The van der Waals surface area contributed by atoms with Crippen LogP contribution in [0.5, 0.6) is 0 Å². The molecule has 0 saturated carbocycles. The van der Waals surface area contributed by atoms with Crippen LogP contribution in [0.1, 0.15) is 11.1 Å². The number of hydrogen-bond acceptors (Lipinski definition) is 4. The largest absolute Gasteiger partial charge is 0.455 e. The van der Waals surface area contributed by atoms with E-state index in [-0.39, 0.29) is 12.3 Å². The summed E-state index contributed by atoms with van der Waals surface area (Å²) in [6, 6.07) is 9.94. The topological polar surface area (TPSA) is 49.9 Å². The van der Waals surface area contributed by atoms with Gasteiger partial charge in [0.05, 0.1) is 12.0 Å². The van der Waals surface area contributed by atoms with E-state index in [1.54, 1.807) is 29.2 Å². The lowest BCUT2D eigenvalue weighted by molar-refractivity contribution is -0.151. The average Bonchev–Trinajstić information content (AvgIpc) is 2.74. The number of ether oxygens (including phenoxy) is 1. The summed E-state index contributed by atoms with van der Waals surface area (Å²) in [7, 11) is 0. The van der Waals surface area contributed by atoms with Gasteiger partial charge in [0, 0.05) is 47.5 Å². The number of halogens is 5. The molecule has 1 aliphatic heterocycles. The van der Waals surface area contributed by atoms with Gasteiger partial charge >= 0.3 is 12.1 Å². The van der Waals surface area contributed by atoms with E-state index in [1.807, 2.05) is 0 Å². The van der Waals surface area contributed by atoms with Crippen molar-refractivity contribution in [2.75, 3.05) is 37.7 Å². The molecule has 0 atom stereocenters. The Balaban J connectivity index is 1.49. The highest BCUT2D eigenvalue weighted by Gasteiger charge is 2.31. The molecule has 0 spiro atoms. The zero-order valence-corrected chi connectivity index (χ0v) is 17.8. The van der Waals surface area contributed by atoms with E-state index in [4.69, 9.17) is 27.9 Å². The normalized spacial score (nSPS) is 14.5. The summed E-state index contributed by atoms with van der Waals surface area (Å²) in [5.41, 5.74) is 0.164. The van der Waals surface area contributed by atoms with Gasteiger partial charge in [0.2, 0.25) is 0 Å². The van der Waals surface area contributed by atoms with Crippen molar-refractivity contribution in [1.29, 1.82) is 0 Å². The molecular weight excluding hydrogens is 456 g/mol. The average molecular weight is 475 g/mol. The third kappa shape index (κ3) is 6.04. The summed E-state index contributed by atoms with van der Waals surface area (Å²) >= 11 is 12.0. The Morgan fingerprint density at radius 3 is 2.19 bits per heavy atom. The summed E-state index contributed by atoms with van der Waals surface area (Å²) in [5, 5.41) is 0.669. The minimum atomic E-state index is -4.41. The Bertz CT molecular complexity index is 941. The van der Waals surface area contributed by atoms with Gasteiger partial charge in [-0.2, -0.15) is 13.2 Å². The Labute approximate surface area is 187 Å². The number of benzene rings is 2. The second kappa shape index (κ2) is 9.78. The predicted molar refractivity (Wildman–Crippen MR) is 111 cm³/mol. The van der Waals surface area contributed by atoms with Gasteiger partial charge in [0.15, 0.2) is 6.61 Å². The van der Waals surface area contributed by atoms with Crippen molar-refractivity contribution in [3.63, 3.8) is 0 Å². The van der Waals surface area contributed by atoms with E-state index in [9.17, 15) is 22.8 Å². The van der Waals surface area contributed by atoms with Crippen LogP contribution in [0, 0.1) is 0 Å². The lowest BCUT2D eigenvalue weighted by Crippen LogP contribution is -2.50. The standard InChI is InChI=1S/C21H19Cl2F3N2O3/c22-17-5-2-6-18(23)16(17)12-20(30)31-13-19(29)28-9-7-27(8-10-28)15-4-1-3-14(11-15)21(24,25)26/h1-6,11H,7-10,12-13H2. The van der Waals surface area contributed by atoms with E-state index in [0.29, 0.717) is 47.5 Å². The molecule has 0 aliphatic carbocycles. The quantitative estimate of drug-likeness (QED) is 0.600. The molecule has 2 aromatic rings.